The van der Waals surface area contributed by atoms with Crippen LogP contribution in [0.4, 0.5) is 5.69 Å². The van der Waals surface area contributed by atoms with Crippen LogP contribution in [0.15, 0.2) is 127 Å². The summed E-state index contributed by atoms with van der Waals surface area (Å²) in [4.78, 5) is 60.7. The first kappa shape index (κ1) is 32.9. The van der Waals surface area contributed by atoms with Gasteiger partial charge < -0.3 is 14.2 Å². The lowest BCUT2D eigenvalue weighted by atomic mass is 9.59. The number of benzene rings is 5. The zero-order valence-corrected chi connectivity index (χ0v) is 29.1. The van der Waals surface area contributed by atoms with Crippen LogP contribution in [0.1, 0.15) is 39.5 Å². The van der Waals surface area contributed by atoms with Crippen LogP contribution < -0.4 is 19.1 Å². The molecule has 0 N–H and O–H groups in total. The molecule has 8 rings (SSSR count). The Kier molecular flexibility index (Phi) is 7.72. The Balaban J connectivity index is 1.53. The Morgan fingerprint density at radius 1 is 0.577 bits per heavy atom. The Morgan fingerprint density at radius 3 is 1.40 bits per heavy atom. The number of hydrogen-bond donors (Lipinski definition) is 0. The summed E-state index contributed by atoms with van der Waals surface area (Å²) in [5, 5.41) is 0. The van der Waals surface area contributed by atoms with E-state index in [1.165, 1.54) is 20.1 Å². The number of imide groups is 1. The van der Waals surface area contributed by atoms with Gasteiger partial charge in [0.2, 0.25) is 11.8 Å². The normalized spacial score (nSPS) is 23.2. The molecule has 8 nitrogen and oxygen atoms in total. The van der Waals surface area contributed by atoms with Gasteiger partial charge >= 0.3 is 0 Å². The molecule has 1 aliphatic heterocycles. The van der Waals surface area contributed by atoms with E-state index in [4.69, 9.17) is 14.2 Å². The number of ether oxygens (including phenoxy) is 3. The predicted molar refractivity (Wildman–Crippen MR) is 197 cm³/mol. The van der Waals surface area contributed by atoms with Crippen LogP contribution >= 0.6 is 0 Å². The maximum Gasteiger partial charge on any atom is 0.239 e. The first-order valence-corrected chi connectivity index (χ1v) is 17.0. The monoisotopic (exact) mass is 689 g/mol. The van der Waals surface area contributed by atoms with Crippen molar-refractivity contribution in [2.75, 3.05) is 26.2 Å². The molecule has 1 saturated heterocycles. The van der Waals surface area contributed by atoms with Gasteiger partial charge in [0.15, 0.2) is 11.6 Å². The van der Waals surface area contributed by atoms with E-state index in [2.05, 4.69) is 0 Å². The Bertz CT molecular complexity index is 2170. The molecule has 1 saturated carbocycles. The van der Waals surface area contributed by atoms with E-state index in [0.717, 1.165) is 16.0 Å². The van der Waals surface area contributed by atoms with Crippen molar-refractivity contribution in [2.45, 2.75) is 17.8 Å². The lowest BCUT2D eigenvalue weighted by Gasteiger charge is -2.39. The number of carbonyl (C=O) groups is 4. The van der Waals surface area contributed by atoms with Gasteiger partial charge in [-0.1, -0.05) is 84.9 Å². The van der Waals surface area contributed by atoms with Crippen molar-refractivity contribution in [3.05, 3.63) is 155 Å². The molecular weight excluding hydrogens is 654 g/mol. The van der Waals surface area contributed by atoms with Crippen LogP contribution in [0.3, 0.4) is 0 Å². The predicted octanol–water partition coefficient (Wildman–Crippen LogP) is 7.10. The van der Waals surface area contributed by atoms with Gasteiger partial charge in [-0.15, -0.1) is 0 Å². The average molecular weight is 690 g/mol. The van der Waals surface area contributed by atoms with Crippen molar-refractivity contribution < 1.29 is 33.4 Å². The van der Waals surface area contributed by atoms with Gasteiger partial charge in [0.05, 0.1) is 49.7 Å². The fourth-order valence-corrected chi connectivity index (χ4v) is 8.96. The summed E-state index contributed by atoms with van der Waals surface area (Å²) in [5.41, 5.74) is 1.22. The van der Waals surface area contributed by atoms with E-state index in [9.17, 15) is 4.79 Å². The Hall–Kier alpha value is -6.28. The van der Waals surface area contributed by atoms with E-state index >= 15 is 14.4 Å². The highest BCUT2D eigenvalue weighted by atomic mass is 16.5. The van der Waals surface area contributed by atoms with E-state index in [1.807, 2.05) is 109 Å². The van der Waals surface area contributed by atoms with Crippen molar-refractivity contribution >= 4 is 40.2 Å². The van der Waals surface area contributed by atoms with Gasteiger partial charge in [-0.3, -0.25) is 19.2 Å². The molecule has 0 aromatic heterocycles. The van der Waals surface area contributed by atoms with E-state index in [-0.39, 0.29) is 23.0 Å². The molecule has 5 aromatic rings. The topological polar surface area (TPSA) is 99.2 Å². The number of nitrogens with zero attached hydrogens (tertiary/aromatic N) is 1. The summed E-state index contributed by atoms with van der Waals surface area (Å²) in [6.07, 6.45) is 0. The molecule has 2 fully saturated rings. The highest BCUT2D eigenvalue weighted by molar-refractivity contribution is 6.39. The molecule has 258 valence electrons. The van der Waals surface area contributed by atoms with Crippen molar-refractivity contribution in [2.24, 2.45) is 11.8 Å². The maximum atomic E-state index is 16.2. The number of rotatable bonds is 9. The first-order valence-electron chi connectivity index (χ1n) is 17.0. The minimum absolute atomic E-state index is 0.162. The number of hydrogen-bond acceptors (Lipinski definition) is 7. The van der Waals surface area contributed by atoms with Crippen molar-refractivity contribution in [3.63, 3.8) is 0 Å². The van der Waals surface area contributed by atoms with Crippen molar-refractivity contribution in [3.8, 4) is 17.2 Å². The standard InChI is InChI=1S/C44H35NO7/c1-26(46)29-19-24-35(52-4)34(25-29)45-40(47)38-39(41(45)48)44(31-13-9-6-10-14-31)37(28-17-22-33(51-3)23-18-28)36(27-15-20-32(50-2)21-16-27)43(38,42(44)49)30-11-7-5-8-12-30/h5-25,38-39H,1-4H3/t38-,39+,43+,44-. The summed E-state index contributed by atoms with van der Waals surface area (Å²) in [6, 6.07) is 38.3. The molecule has 5 aromatic carbocycles. The maximum absolute atomic E-state index is 16.2. The molecule has 0 unspecified atom stereocenters. The SMILES string of the molecule is COc1ccc(C2=C(c3ccc(OC)cc3)[C@]3(c4ccccc4)C(=O)[C@@]2(c2ccccc2)[C@@H]2C(=O)N(c4cc(C(C)=O)ccc4OC)C(=O)[C@@H]23)cc1. The smallest absolute Gasteiger partial charge is 0.239 e. The zero-order valence-electron chi connectivity index (χ0n) is 29.1. The number of ketones is 2. The second kappa shape index (κ2) is 12.2. The van der Waals surface area contributed by atoms with Crippen LogP contribution in [0.25, 0.3) is 11.1 Å². The highest BCUT2D eigenvalue weighted by Crippen LogP contribution is 2.74. The molecule has 2 aliphatic carbocycles. The van der Waals surface area contributed by atoms with E-state index in [1.54, 1.807) is 26.4 Å². The van der Waals surface area contributed by atoms with E-state index in [0.29, 0.717) is 39.3 Å². The van der Waals surface area contributed by atoms with Crippen LogP contribution in [-0.2, 0) is 25.2 Å². The first-order chi connectivity index (χ1) is 25.2. The third-order valence-corrected chi connectivity index (χ3v) is 11.0. The number of allylic oxidation sites excluding steroid dienone is 2. The summed E-state index contributed by atoms with van der Waals surface area (Å²) in [5.74, 6) is -2.31. The fourth-order valence-electron chi connectivity index (χ4n) is 8.96. The minimum atomic E-state index is -1.60. The quantitative estimate of drug-likeness (QED) is 0.120. The van der Waals surface area contributed by atoms with Gasteiger partial charge in [-0.05, 0) is 82.8 Å². The average Bonchev–Trinajstić information content (AvgIpc) is 3.70. The number of fused-ring (bicyclic) bond motifs is 5. The minimum Gasteiger partial charge on any atom is -0.497 e. The van der Waals surface area contributed by atoms with E-state index < -0.39 is 34.5 Å². The number of amides is 2. The summed E-state index contributed by atoms with van der Waals surface area (Å²) in [6.45, 7) is 1.42. The molecular formula is C44H35NO7. The zero-order chi connectivity index (χ0) is 36.4. The third kappa shape index (κ3) is 4.27. The summed E-state index contributed by atoms with van der Waals surface area (Å²) < 4.78 is 16.7. The third-order valence-electron chi connectivity index (χ3n) is 11.0. The van der Waals surface area contributed by atoms with Crippen molar-refractivity contribution in [1.82, 2.24) is 0 Å². The fraction of sp³-hybridized carbons (Fsp3) is 0.182. The number of methoxy groups -OCH3 is 3. The number of Topliss-reactive ketones (excluding diaryl/α,β-unsaturated/α-hetero) is 2. The second-order valence-corrected chi connectivity index (χ2v) is 13.3. The van der Waals surface area contributed by atoms with Gasteiger partial charge in [0, 0.05) is 5.56 Å². The second-order valence-electron chi connectivity index (χ2n) is 13.3. The Morgan fingerprint density at radius 2 is 1.02 bits per heavy atom. The Labute approximate surface area is 301 Å². The highest BCUT2D eigenvalue weighted by Gasteiger charge is 2.82. The van der Waals surface area contributed by atoms with Crippen LogP contribution in [0.5, 0.6) is 17.2 Å². The molecule has 0 spiro atoms. The van der Waals surface area contributed by atoms with Gasteiger partial charge in [-0.2, -0.15) is 0 Å². The molecule has 52 heavy (non-hydrogen) atoms. The molecule has 2 bridgehead atoms. The van der Waals surface area contributed by atoms with Gasteiger partial charge in [0.1, 0.15) is 17.2 Å². The number of carbonyl (C=O) groups excluding carboxylic acids is 4. The lowest BCUT2D eigenvalue weighted by molar-refractivity contribution is -0.130. The molecule has 8 heteroatoms. The molecule has 0 radical (unpaired) electrons. The van der Waals surface area contributed by atoms with Crippen LogP contribution in [0.2, 0.25) is 0 Å². The molecule has 4 atom stereocenters. The van der Waals surface area contributed by atoms with Gasteiger partial charge in [0.25, 0.3) is 0 Å². The van der Waals surface area contributed by atoms with Gasteiger partial charge in [-0.25, -0.2) is 4.90 Å². The van der Waals surface area contributed by atoms with Crippen molar-refractivity contribution in [1.29, 1.82) is 0 Å². The molecule has 1 heterocycles. The summed E-state index contributed by atoms with van der Waals surface area (Å²) >= 11 is 0. The molecule has 3 aliphatic rings. The largest absolute Gasteiger partial charge is 0.497 e. The molecule has 2 amide bonds. The van der Waals surface area contributed by atoms with Crippen LogP contribution in [-0.4, -0.2) is 44.7 Å². The summed E-state index contributed by atoms with van der Waals surface area (Å²) in [7, 11) is 4.63. The van der Waals surface area contributed by atoms with Crippen LogP contribution in [0, 0.1) is 11.8 Å². The lowest BCUT2D eigenvalue weighted by Crippen LogP contribution is -2.45. The number of anilines is 1.